The van der Waals surface area contributed by atoms with Crippen molar-refractivity contribution in [2.45, 2.75) is 38.3 Å². The van der Waals surface area contributed by atoms with E-state index in [4.69, 9.17) is 0 Å². The molecule has 0 saturated carbocycles. The van der Waals surface area contributed by atoms with E-state index < -0.39 is 0 Å². The van der Waals surface area contributed by atoms with Gasteiger partial charge in [-0.15, -0.1) is 0 Å². The predicted octanol–water partition coefficient (Wildman–Crippen LogP) is 2.25. The first kappa shape index (κ1) is 17.3. The Morgan fingerprint density at radius 2 is 1.86 bits per heavy atom. The molecule has 1 aliphatic rings. The van der Waals surface area contributed by atoms with Gasteiger partial charge in [0.15, 0.2) is 0 Å². The largest absolute Gasteiger partial charge is 0.393 e. The monoisotopic (exact) mass is 305 g/mol. The molecule has 1 unspecified atom stereocenters. The van der Waals surface area contributed by atoms with Crippen LogP contribution in [0.15, 0.2) is 24.3 Å². The van der Waals surface area contributed by atoms with E-state index in [-0.39, 0.29) is 6.10 Å². The Kier molecular flexibility index (Phi) is 6.68. The summed E-state index contributed by atoms with van der Waals surface area (Å²) < 4.78 is 0. The molecule has 1 saturated heterocycles. The minimum absolute atomic E-state index is 0.0699. The zero-order valence-corrected chi connectivity index (χ0v) is 14.3. The van der Waals surface area contributed by atoms with E-state index in [0.717, 1.165) is 45.4 Å². The van der Waals surface area contributed by atoms with E-state index in [1.54, 1.807) is 0 Å². The zero-order valence-electron chi connectivity index (χ0n) is 14.3. The standard InChI is InChI=1S/C18H31N3O/c1-15(16-5-7-17(8-6-16)20(2)3)19-11-4-12-21-13-9-18(22)10-14-21/h5-8,15,18-19,22H,4,9-14H2,1-3H3. The van der Waals surface area contributed by atoms with Crippen molar-refractivity contribution in [1.29, 1.82) is 0 Å². The van der Waals surface area contributed by atoms with E-state index in [1.807, 2.05) is 0 Å². The first-order valence-electron chi connectivity index (χ1n) is 8.47. The van der Waals surface area contributed by atoms with Crippen LogP contribution in [0.2, 0.25) is 0 Å². The Balaban J connectivity index is 1.66. The summed E-state index contributed by atoms with van der Waals surface area (Å²) in [5.74, 6) is 0. The molecule has 1 aromatic carbocycles. The fourth-order valence-corrected chi connectivity index (χ4v) is 2.94. The van der Waals surface area contributed by atoms with Gasteiger partial charge in [-0.1, -0.05) is 12.1 Å². The van der Waals surface area contributed by atoms with Crippen LogP contribution < -0.4 is 10.2 Å². The van der Waals surface area contributed by atoms with E-state index in [9.17, 15) is 5.11 Å². The highest BCUT2D eigenvalue weighted by atomic mass is 16.3. The van der Waals surface area contributed by atoms with Crippen molar-refractivity contribution in [2.75, 3.05) is 45.2 Å². The third-order valence-corrected chi connectivity index (χ3v) is 4.57. The topological polar surface area (TPSA) is 38.7 Å². The van der Waals surface area contributed by atoms with Gasteiger partial charge in [0.2, 0.25) is 0 Å². The number of likely N-dealkylation sites (tertiary alicyclic amines) is 1. The van der Waals surface area contributed by atoms with Gasteiger partial charge in [-0.2, -0.15) is 0 Å². The Labute approximate surface area is 135 Å². The number of aliphatic hydroxyl groups excluding tert-OH is 1. The molecule has 1 fully saturated rings. The van der Waals surface area contributed by atoms with Crippen molar-refractivity contribution in [3.05, 3.63) is 29.8 Å². The normalized spacial score (nSPS) is 18.4. The molecule has 0 radical (unpaired) electrons. The number of hydrogen-bond acceptors (Lipinski definition) is 4. The highest BCUT2D eigenvalue weighted by molar-refractivity contribution is 5.46. The van der Waals surface area contributed by atoms with Gasteiger partial charge in [-0.05, 0) is 57.0 Å². The lowest BCUT2D eigenvalue weighted by molar-refractivity contribution is 0.0820. The quantitative estimate of drug-likeness (QED) is 0.758. The molecule has 0 amide bonds. The zero-order chi connectivity index (χ0) is 15.9. The van der Waals surface area contributed by atoms with Crippen LogP contribution in [0, 0.1) is 0 Å². The Bertz CT molecular complexity index is 424. The molecule has 22 heavy (non-hydrogen) atoms. The second kappa shape index (κ2) is 8.51. The minimum Gasteiger partial charge on any atom is -0.393 e. The lowest BCUT2D eigenvalue weighted by Crippen LogP contribution is -2.37. The molecule has 0 aliphatic carbocycles. The predicted molar refractivity (Wildman–Crippen MR) is 93.5 cm³/mol. The number of rotatable bonds is 7. The van der Waals surface area contributed by atoms with Gasteiger partial charge in [0.25, 0.3) is 0 Å². The maximum atomic E-state index is 9.51. The van der Waals surface area contributed by atoms with Crippen molar-refractivity contribution >= 4 is 5.69 Å². The maximum absolute atomic E-state index is 9.51. The summed E-state index contributed by atoms with van der Waals surface area (Å²) in [6.45, 7) is 6.48. The van der Waals surface area contributed by atoms with Gasteiger partial charge in [-0.3, -0.25) is 0 Å². The Hall–Kier alpha value is -1.10. The average Bonchev–Trinajstić information content (AvgIpc) is 2.53. The highest BCUT2D eigenvalue weighted by Gasteiger charge is 2.16. The molecular weight excluding hydrogens is 274 g/mol. The second-order valence-corrected chi connectivity index (χ2v) is 6.59. The van der Waals surface area contributed by atoms with Crippen LogP contribution >= 0.6 is 0 Å². The van der Waals surface area contributed by atoms with Gasteiger partial charge < -0.3 is 20.2 Å². The van der Waals surface area contributed by atoms with Crippen molar-refractivity contribution in [2.24, 2.45) is 0 Å². The number of hydrogen-bond donors (Lipinski definition) is 2. The van der Waals surface area contributed by atoms with Crippen LogP contribution in [-0.4, -0.2) is 56.4 Å². The summed E-state index contributed by atoms with van der Waals surface area (Å²) in [5, 5.41) is 13.1. The fourth-order valence-electron chi connectivity index (χ4n) is 2.94. The average molecular weight is 305 g/mol. The molecule has 1 atom stereocenters. The lowest BCUT2D eigenvalue weighted by atomic mass is 10.1. The van der Waals surface area contributed by atoms with Gasteiger partial charge >= 0.3 is 0 Å². The SMILES string of the molecule is CC(NCCCN1CCC(O)CC1)c1ccc(N(C)C)cc1. The molecule has 1 heterocycles. The van der Waals surface area contributed by atoms with Crippen LogP contribution in [0.1, 0.15) is 37.8 Å². The Morgan fingerprint density at radius 1 is 1.23 bits per heavy atom. The third-order valence-electron chi connectivity index (χ3n) is 4.57. The molecule has 1 aliphatic heterocycles. The third kappa shape index (κ3) is 5.27. The van der Waals surface area contributed by atoms with Gasteiger partial charge in [0, 0.05) is 38.9 Å². The first-order valence-corrected chi connectivity index (χ1v) is 8.47. The smallest absolute Gasteiger partial charge is 0.0564 e. The number of piperidine rings is 1. The fraction of sp³-hybridized carbons (Fsp3) is 0.667. The summed E-state index contributed by atoms with van der Waals surface area (Å²) in [6, 6.07) is 9.15. The van der Waals surface area contributed by atoms with Crippen LogP contribution in [-0.2, 0) is 0 Å². The van der Waals surface area contributed by atoms with Crippen molar-refractivity contribution in [1.82, 2.24) is 10.2 Å². The van der Waals surface area contributed by atoms with E-state index >= 15 is 0 Å². The summed E-state index contributed by atoms with van der Waals surface area (Å²) >= 11 is 0. The number of nitrogens with zero attached hydrogens (tertiary/aromatic N) is 2. The van der Waals surface area contributed by atoms with Crippen LogP contribution in [0.3, 0.4) is 0 Å². The highest BCUT2D eigenvalue weighted by Crippen LogP contribution is 2.17. The molecular formula is C18H31N3O. The lowest BCUT2D eigenvalue weighted by Gasteiger charge is -2.29. The molecule has 0 aromatic heterocycles. The number of benzene rings is 1. The van der Waals surface area contributed by atoms with Gasteiger partial charge in [0.1, 0.15) is 0 Å². The summed E-state index contributed by atoms with van der Waals surface area (Å²) in [5.41, 5.74) is 2.58. The van der Waals surface area contributed by atoms with Crippen LogP contribution in [0.25, 0.3) is 0 Å². The second-order valence-electron chi connectivity index (χ2n) is 6.59. The summed E-state index contributed by atoms with van der Waals surface area (Å²) in [4.78, 5) is 4.59. The molecule has 1 aromatic rings. The molecule has 2 rings (SSSR count). The van der Waals surface area contributed by atoms with E-state index in [2.05, 4.69) is 60.4 Å². The summed E-state index contributed by atoms with van der Waals surface area (Å²) in [6.07, 6.45) is 2.96. The van der Waals surface area contributed by atoms with E-state index in [1.165, 1.54) is 11.3 Å². The Morgan fingerprint density at radius 3 is 2.45 bits per heavy atom. The molecule has 4 heteroatoms. The molecule has 124 valence electrons. The summed E-state index contributed by atoms with van der Waals surface area (Å²) in [7, 11) is 4.13. The van der Waals surface area contributed by atoms with Crippen molar-refractivity contribution in [3.8, 4) is 0 Å². The van der Waals surface area contributed by atoms with Gasteiger partial charge in [0.05, 0.1) is 6.10 Å². The van der Waals surface area contributed by atoms with Crippen LogP contribution in [0.4, 0.5) is 5.69 Å². The molecule has 0 spiro atoms. The van der Waals surface area contributed by atoms with E-state index in [0.29, 0.717) is 6.04 Å². The first-order chi connectivity index (χ1) is 10.6. The van der Waals surface area contributed by atoms with Gasteiger partial charge in [-0.25, -0.2) is 0 Å². The molecule has 0 bridgehead atoms. The molecule has 2 N–H and O–H groups in total. The molecule has 4 nitrogen and oxygen atoms in total. The number of anilines is 1. The number of aliphatic hydroxyl groups is 1. The minimum atomic E-state index is -0.0699. The van der Waals surface area contributed by atoms with Crippen LogP contribution in [0.5, 0.6) is 0 Å². The maximum Gasteiger partial charge on any atom is 0.0564 e. The van der Waals surface area contributed by atoms with Crippen molar-refractivity contribution < 1.29 is 5.11 Å². The number of nitrogens with one attached hydrogen (secondary N) is 1. The van der Waals surface area contributed by atoms with Crippen molar-refractivity contribution in [3.63, 3.8) is 0 Å².